The van der Waals surface area contributed by atoms with E-state index in [1.165, 1.54) is 12.2 Å². The second kappa shape index (κ2) is 7.13. The molecule has 21 heavy (non-hydrogen) atoms. The minimum absolute atomic E-state index is 0.109. The summed E-state index contributed by atoms with van der Waals surface area (Å²) in [6.07, 6.45) is 6.00. The predicted octanol–water partition coefficient (Wildman–Crippen LogP) is 3.41. The van der Waals surface area contributed by atoms with Crippen molar-refractivity contribution >= 4 is 28.2 Å². The second-order valence-corrected chi connectivity index (χ2v) is 6.56. The standard InChI is InChI=1S/C14H17ClFN3OS/c1-3-4-5-10(16)8-9(2)17-13-12-11(6-7-21(12)20)18-14(15)19-13/h4-5,8-9H,3,6-7H2,1-2H3,(H,17,18,19)/b5-4-,10-8+. The summed E-state index contributed by atoms with van der Waals surface area (Å²) >= 11 is 5.87. The molecule has 0 aliphatic carbocycles. The van der Waals surface area contributed by atoms with Gasteiger partial charge in [0, 0.05) is 18.2 Å². The minimum atomic E-state index is -1.13. The fourth-order valence-corrected chi connectivity index (χ4v) is 3.55. The van der Waals surface area contributed by atoms with E-state index in [0.717, 1.165) is 6.42 Å². The summed E-state index contributed by atoms with van der Waals surface area (Å²) in [6, 6.07) is -0.306. The van der Waals surface area contributed by atoms with Gasteiger partial charge in [0.25, 0.3) is 0 Å². The van der Waals surface area contributed by atoms with Crippen LogP contribution < -0.4 is 5.32 Å². The Morgan fingerprint density at radius 2 is 2.33 bits per heavy atom. The van der Waals surface area contributed by atoms with Crippen molar-refractivity contribution in [3.63, 3.8) is 0 Å². The number of allylic oxidation sites excluding steroid dienone is 3. The summed E-state index contributed by atoms with van der Waals surface area (Å²) in [4.78, 5) is 8.77. The topological polar surface area (TPSA) is 54.9 Å². The van der Waals surface area contributed by atoms with Crippen molar-refractivity contribution in [3.8, 4) is 0 Å². The average molecular weight is 330 g/mol. The molecule has 0 radical (unpaired) electrons. The van der Waals surface area contributed by atoms with Crippen LogP contribution in [0.3, 0.4) is 0 Å². The average Bonchev–Trinajstić information content (AvgIpc) is 2.77. The quantitative estimate of drug-likeness (QED) is 0.664. The van der Waals surface area contributed by atoms with E-state index in [1.54, 1.807) is 13.0 Å². The van der Waals surface area contributed by atoms with Gasteiger partial charge in [0.15, 0.2) is 0 Å². The number of rotatable bonds is 5. The van der Waals surface area contributed by atoms with Crippen LogP contribution in [-0.2, 0) is 17.2 Å². The van der Waals surface area contributed by atoms with Gasteiger partial charge in [-0.1, -0.05) is 13.0 Å². The van der Waals surface area contributed by atoms with Gasteiger partial charge in [-0.05, 0) is 37.1 Å². The maximum Gasteiger partial charge on any atom is 0.224 e. The molecule has 0 saturated heterocycles. The first-order valence-electron chi connectivity index (χ1n) is 6.76. The number of hydrogen-bond acceptors (Lipinski definition) is 4. The van der Waals surface area contributed by atoms with Crippen molar-refractivity contribution in [2.24, 2.45) is 0 Å². The van der Waals surface area contributed by atoms with Crippen LogP contribution in [0.25, 0.3) is 0 Å². The molecule has 0 aromatic carbocycles. The van der Waals surface area contributed by atoms with Gasteiger partial charge >= 0.3 is 0 Å². The van der Waals surface area contributed by atoms with Crippen molar-refractivity contribution in [2.45, 2.75) is 37.6 Å². The van der Waals surface area contributed by atoms with Crippen LogP contribution in [0.5, 0.6) is 0 Å². The van der Waals surface area contributed by atoms with E-state index in [-0.39, 0.29) is 17.2 Å². The largest absolute Gasteiger partial charge is 0.363 e. The lowest BCUT2D eigenvalue weighted by atomic mass is 10.2. The van der Waals surface area contributed by atoms with Crippen LogP contribution in [-0.4, -0.2) is 26.0 Å². The number of anilines is 1. The maximum absolute atomic E-state index is 13.6. The van der Waals surface area contributed by atoms with E-state index in [0.29, 0.717) is 28.6 Å². The molecule has 1 aromatic rings. The zero-order valence-corrected chi connectivity index (χ0v) is 13.5. The first kappa shape index (κ1) is 16.1. The van der Waals surface area contributed by atoms with E-state index < -0.39 is 10.8 Å². The fourth-order valence-electron chi connectivity index (χ4n) is 2.05. The van der Waals surface area contributed by atoms with E-state index >= 15 is 0 Å². The Balaban J connectivity index is 2.20. The molecule has 2 heterocycles. The fraction of sp³-hybridized carbons (Fsp3) is 0.429. The number of nitrogens with zero attached hydrogens (tertiary/aromatic N) is 2. The third-order valence-corrected chi connectivity index (χ3v) is 4.58. The van der Waals surface area contributed by atoms with E-state index in [9.17, 15) is 8.60 Å². The lowest BCUT2D eigenvalue weighted by Gasteiger charge is -2.13. The highest BCUT2D eigenvalue weighted by Crippen LogP contribution is 2.29. The number of fused-ring (bicyclic) bond motifs is 1. The van der Waals surface area contributed by atoms with Crippen LogP contribution in [0.1, 0.15) is 26.0 Å². The Morgan fingerprint density at radius 1 is 1.57 bits per heavy atom. The van der Waals surface area contributed by atoms with Gasteiger partial charge < -0.3 is 5.32 Å². The number of hydrogen-bond donors (Lipinski definition) is 1. The first-order valence-corrected chi connectivity index (χ1v) is 8.46. The zero-order valence-electron chi connectivity index (χ0n) is 11.9. The van der Waals surface area contributed by atoms with Crippen molar-refractivity contribution in [1.82, 2.24) is 9.97 Å². The third-order valence-electron chi connectivity index (χ3n) is 2.95. The SMILES string of the molecule is CC/C=C\C(F)=C/C(C)Nc1nc(Cl)nc2c1S(=O)CC2. The molecule has 0 amide bonds. The van der Waals surface area contributed by atoms with Crippen LogP contribution in [0.15, 0.2) is 29.0 Å². The van der Waals surface area contributed by atoms with Crippen molar-refractivity contribution in [2.75, 3.05) is 11.1 Å². The molecular formula is C14H17ClFN3OS. The maximum atomic E-state index is 13.6. The Kier molecular flexibility index (Phi) is 5.47. The summed E-state index contributed by atoms with van der Waals surface area (Å²) in [5.41, 5.74) is 0.707. The highest BCUT2D eigenvalue weighted by atomic mass is 35.5. The molecule has 0 bridgehead atoms. The molecule has 1 N–H and O–H groups in total. The van der Waals surface area contributed by atoms with Gasteiger partial charge in [-0.3, -0.25) is 4.21 Å². The predicted molar refractivity (Wildman–Crippen MR) is 83.7 cm³/mol. The zero-order chi connectivity index (χ0) is 15.4. The van der Waals surface area contributed by atoms with Gasteiger partial charge in [0.05, 0.1) is 16.5 Å². The lowest BCUT2D eigenvalue weighted by Crippen LogP contribution is -2.16. The molecule has 0 fully saturated rings. The second-order valence-electron chi connectivity index (χ2n) is 4.71. The van der Waals surface area contributed by atoms with Crippen molar-refractivity contribution in [3.05, 3.63) is 35.0 Å². The molecule has 1 aliphatic heterocycles. The molecule has 2 atom stereocenters. The summed E-state index contributed by atoms with van der Waals surface area (Å²) < 4.78 is 25.6. The normalized spacial score (nSPS) is 19.8. The lowest BCUT2D eigenvalue weighted by molar-refractivity contribution is 0.656. The first-order chi connectivity index (χ1) is 10.0. The van der Waals surface area contributed by atoms with Crippen molar-refractivity contribution < 1.29 is 8.60 Å². The third kappa shape index (κ3) is 4.11. The molecule has 2 unspecified atom stereocenters. The monoisotopic (exact) mass is 329 g/mol. The van der Waals surface area contributed by atoms with Gasteiger partial charge in [0.1, 0.15) is 16.5 Å². The molecule has 1 aromatic heterocycles. The van der Waals surface area contributed by atoms with E-state index in [2.05, 4.69) is 15.3 Å². The summed E-state index contributed by atoms with van der Waals surface area (Å²) in [6.45, 7) is 3.73. The van der Waals surface area contributed by atoms with Crippen LogP contribution in [0.2, 0.25) is 5.28 Å². The molecule has 4 nitrogen and oxygen atoms in total. The summed E-state index contributed by atoms with van der Waals surface area (Å²) in [5.74, 6) is 0.628. The van der Waals surface area contributed by atoms with Crippen LogP contribution >= 0.6 is 11.6 Å². The number of aryl methyl sites for hydroxylation is 1. The molecule has 114 valence electrons. The Hall–Kier alpha value is -1.27. The van der Waals surface area contributed by atoms with Gasteiger partial charge in [-0.2, -0.15) is 4.98 Å². The van der Waals surface area contributed by atoms with E-state index in [1.807, 2.05) is 6.92 Å². The molecule has 0 spiro atoms. The highest BCUT2D eigenvalue weighted by Gasteiger charge is 2.25. The summed E-state index contributed by atoms with van der Waals surface area (Å²) in [5, 5.41) is 3.15. The smallest absolute Gasteiger partial charge is 0.224 e. The summed E-state index contributed by atoms with van der Waals surface area (Å²) in [7, 11) is -1.13. The molecule has 1 aliphatic rings. The van der Waals surface area contributed by atoms with Crippen molar-refractivity contribution in [1.29, 1.82) is 0 Å². The van der Waals surface area contributed by atoms with Crippen LogP contribution in [0, 0.1) is 0 Å². The molecule has 0 saturated carbocycles. The molecule has 7 heteroatoms. The minimum Gasteiger partial charge on any atom is -0.363 e. The number of nitrogens with one attached hydrogen (secondary N) is 1. The highest BCUT2D eigenvalue weighted by molar-refractivity contribution is 7.85. The van der Waals surface area contributed by atoms with Gasteiger partial charge in [-0.25, -0.2) is 9.37 Å². The number of halogens is 2. The van der Waals surface area contributed by atoms with Gasteiger partial charge in [-0.15, -0.1) is 0 Å². The van der Waals surface area contributed by atoms with Crippen LogP contribution in [0.4, 0.5) is 10.2 Å². The van der Waals surface area contributed by atoms with E-state index in [4.69, 9.17) is 11.6 Å². The number of aromatic nitrogens is 2. The molecule has 2 rings (SSSR count). The van der Waals surface area contributed by atoms with Gasteiger partial charge in [0.2, 0.25) is 5.28 Å². The Morgan fingerprint density at radius 3 is 3.05 bits per heavy atom. The Bertz CT molecular complexity index is 618. The molecular weight excluding hydrogens is 313 g/mol. The Labute approximate surface area is 131 Å².